The molecular formula is C40H49F2N3O6. The molecule has 11 heteroatoms. The van der Waals surface area contributed by atoms with E-state index in [1.807, 2.05) is 51.3 Å². The third-order valence-electron chi connectivity index (χ3n) is 10.0. The number of rotatable bonds is 4. The predicted molar refractivity (Wildman–Crippen MR) is 192 cm³/mol. The number of hydrogen-bond acceptors (Lipinski definition) is 7. The fourth-order valence-electron chi connectivity index (χ4n) is 7.40. The monoisotopic (exact) mass is 705 g/mol. The summed E-state index contributed by atoms with van der Waals surface area (Å²) < 4.78 is 51.2. The zero-order chi connectivity index (χ0) is 36.8. The number of aliphatic hydroxyl groups is 1. The first-order valence-corrected chi connectivity index (χ1v) is 17.9. The molecule has 0 spiro atoms. The lowest BCUT2D eigenvalue weighted by Crippen LogP contribution is -2.45. The SMILES string of the molecule is Cc1c([C@H](OC(C)(C)C)C(=O)O)c2n3cc(nc3c1C(C)O)-c1cccc(c1)-c1c(ccc(F)c1F)O[C@@H](C)CCCCOC1(C)CCN2CC1. The Hall–Kier alpha value is -4.06. The van der Waals surface area contributed by atoms with Crippen LogP contribution in [0.15, 0.2) is 42.6 Å². The van der Waals surface area contributed by atoms with Crippen molar-refractivity contribution < 1.29 is 38.0 Å². The highest BCUT2D eigenvalue weighted by Gasteiger charge is 2.38. The Balaban J connectivity index is 1.62. The van der Waals surface area contributed by atoms with Gasteiger partial charge >= 0.3 is 5.97 Å². The van der Waals surface area contributed by atoms with Crippen LogP contribution in [0, 0.1) is 18.6 Å². The van der Waals surface area contributed by atoms with E-state index in [0.29, 0.717) is 83.9 Å². The molecule has 6 bridgehead atoms. The molecule has 1 fully saturated rings. The summed E-state index contributed by atoms with van der Waals surface area (Å²) in [5.74, 6) is -2.26. The zero-order valence-corrected chi connectivity index (χ0v) is 30.6. The number of aliphatic carboxylic acids is 1. The summed E-state index contributed by atoms with van der Waals surface area (Å²) in [6.45, 7) is 14.7. The minimum atomic E-state index is -1.34. The van der Waals surface area contributed by atoms with Gasteiger partial charge in [-0.25, -0.2) is 18.6 Å². The van der Waals surface area contributed by atoms with E-state index in [1.165, 1.54) is 6.07 Å². The number of hydrogen-bond donors (Lipinski definition) is 2. The number of nitrogens with zero attached hydrogens (tertiary/aromatic N) is 3. The molecule has 0 radical (unpaired) electrons. The van der Waals surface area contributed by atoms with Gasteiger partial charge in [-0.05, 0) is 110 Å². The number of piperidine rings is 1. The van der Waals surface area contributed by atoms with Crippen LogP contribution in [0.25, 0.3) is 28.0 Å². The third-order valence-corrected chi connectivity index (χ3v) is 10.0. The first-order valence-electron chi connectivity index (χ1n) is 17.9. The maximum Gasteiger partial charge on any atom is 0.337 e. The number of carbonyl (C=O) groups is 1. The van der Waals surface area contributed by atoms with Gasteiger partial charge in [-0.15, -0.1) is 0 Å². The number of pyridine rings is 1. The van der Waals surface area contributed by atoms with Crippen LogP contribution in [0.1, 0.15) is 103 Å². The van der Waals surface area contributed by atoms with Crippen LogP contribution in [0.4, 0.5) is 14.6 Å². The average Bonchev–Trinajstić information content (AvgIpc) is 3.49. The van der Waals surface area contributed by atoms with E-state index >= 15 is 4.39 Å². The summed E-state index contributed by atoms with van der Waals surface area (Å²) in [5, 5.41) is 21.9. The fraction of sp³-hybridized carbons (Fsp3) is 0.500. The molecule has 274 valence electrons. The minimum absolute atomic E-state index is 0.0219. The number of imidazole rings is 1. The average molecular weight is 706 g/mol. The second-order valence-electron chi connectivity index (χ2n) is 15.2. The van der Waals surface area contributed by atoms with E-state index in [4.69, 9.17) is 19.2 Å². The molecule has 4 aromatic rings. The highest BCUT2D eigenvalue weighted by Crippen LogP contribution is 2.43. The molecule has 3 aliphatic rings. The number of ether oxygens (including phenoxy) is 3. The van der Waals surface area contributed by atoms with Gasteiger partial charge in [0.1, 0.15) is 17.2 Å². The van der Waals surface area contributed by atoms with Crippen molar-refractivity contribution in [2.75, 3.05) is 24.6 Å². The molecule has 3 aliphatic heterocycles. The molecule has 0 aliphatic carbocycles. The van der Waals surface area contributed by atoms with Crippen molar-refractivity contribution in [2.45, 2.75) is 110 Å². The molecule has 2 aromatic heterocycles. The molecule has 9 nitrogen and oxygen atoms in total. The number of halogens is 2. The van der Waals surface area contributed by atoms with E-state index in [0.717, 1.165) is 18.9 Å². The minimum Gasteiger partial charge on any atom is -0.490 e. The normalized spacial score (nSPS) is 21.3. The van der Waals surface area contributed by atoms with Crippen molar-refractivity contribution in [2.24, 2.45) is 0 Å². The van der Waals surface area contributed by atoms with Gasteiger partial charge in [-0.2, -0.15) is 0 Å². The Morgan fingerprint density at radius 3 is 2.47 bits per heavy atom. The Morgan fingerprint density at radius 2 is 1.80 bits per heavy atom. The summed E-state index contributed by atoms with van der Waals surface area (Å²) >= 11 is 0. The lowest BCUT2D eigenvalue weighted by atomic mass is 9.91. The molecule has 1 saturated heterocycles. The third kappa shape index (κ3) is 7.47. The molecule has 0 saturated carbocycles. The van der Waals surface area contributed by atoms with Crippen LogP contribution in [0.2, 0.25) is 0 Å². The maximum absolute atomic E-state index is 15.6. The van der Waals surface area contributed by atoms with Crippen LogP contribution in [0.5, 0.6) is 5.75 Å². The maximum atomic E-state index is 15.6. The summed E-state index contributed by atoms with van der Waals surface area (Å²) in [6, 6.07) is 9.59. The second kappa shape index (κ2) is 14.2. The van der Waals surface area contributed by atoms with Gasteiger partial charge < -0.3 is 29.3 Å². The lowest BCUT2D eigenvalue weighted by Gasteiger charge is -2.42. The summed E-state index contributed by atoms with van der Waals surface area (Å²) in [5.41, 5.74) is 2.37. The number of fused-ring (bicyclic) bond motifs is 8. The number of carboxylic acids is 1. The van der Waals surface area contributed by atoms with Crippen LogP contribution in [-0.4, -0.2) is 62.6 Å². The van der Waals surface area contributed by atoms with Crippen molar-refractivity contribution in [3.63, 3.8) is 0 Å². The largest absolute Gasteiger partial charge is 0.490 e. The molecule has 1 unspecified atom stereocenters. The second-order valence-corrected chi connectivity index (χ2v) is 15.2. The summed E-state index contributed by atoms with van der Waals surface area (Å²) in [7, 11) is 0. The van der Waals surface area contributed by atoms with Gasteiger partial charge in [0.2, 0.25) is 0 Å². The van der Waals surface area contributed by atoms with Crippen molar-refractivity contribution in [1.82, 2.24) is 9.38 Å². The molecule has 7 rings (SSSR count). The van der Waals surface area contributed by atoms with E-state index < -0.39 is 35.4 Å². The molecular weight excluding hydrogens is 656 g/mol. The van der Waals surface area contributed by atoms with E-state index in [1.54, 1.807) is 25.1 Å². The number of carboxylic acid groups (broad SMARTS) is 1. The molecule has 3 atom stereocenters. The van der Waals surface area contributed by atoms with Gasteiger partial charge in [-0.3, -0.25) is 4.40 Å². The first kappa shape index (κ1) is 36.7. The van der Waals surface area contributed by atoms with E-state index in [9.17, 15) is 19.4 Å². The number of benzene rings is 2. The Kier molecular flexibility index (Phi) is 10.2. The van der Waals surface area contributed by atoms with E-state index in [-0.39, 0.29) is 23.0 Å². The van der Waals surface area contributed by atoms with Gasteiger partial charge in [-0.1, -0.05) is 18.2 Å². The van der Waals surface area contributed by atoms with Gasteiger partial charge in [0, 0.05) is 42.6 Å². The summed E-state index contributed by atoms with van der Waals surface area (Å²) in [4.78, 5) is 20.2. The molecule has 2 N–H and O–H groups in total. The zero-order valence-electron chi connectivity index (χ0n) is 30.6. The molecule has 2 aromatic carbocycles. The van der Waals surface area contributed by atoms with Gasteiger partial charge in [0.05, 0.1) is 34.7 Å². The highest BCUT2D eigenvalue weighted by atomic mass is 19.2. The van der Waals surface area contributed by atoms with Crippen molar-refractivity contribution in [3.05, 3.63) is 70.9 Å². The first-order chi connectivity index (χ1) is 24.1. The van der Waals surface area contributed by atoms with Crippen LogP contribution in [-0.2, 0) is 14.3 Å². The van der Waals surface area contributed by atoms with Crippen LogP contribution < -0.4 is 9.64 Å². The topological polar surface area (TPSA) is 106 Å². The summed E-state index contributed by atoms with van der Waals surface area (Å²) in [6.07, 6.45) is 3.01. The fourth-order valence-corrected chi connectivity index (χ4v) is 7.40. The van der Waals surface area contributed by atoms with Crippen molar-refractivity contribution in [1.29, 1.82) is 0 Å². The smallest absolute Gasteiger partial charge is 0.337 e. The standard InChI is InChI=1S/C40H49F2N3O6/c1-23-11-8-9-20-49-40(7)16-18-44(19-17-40)37-32(35(38(47)48)51-39(4,5)6)24(2)31(25(3)46)36-43-29(22-45(36)37)26-12-10-13-27(21-26)33-30(50-23)15-14-28(41)34(33)42/h10,12-15,21-23,25,35,46H,8-9,11,16-20H2,1-7H3,(H,47,48)/t23-,25?,35-/m0/s1. The predicted octanol–water partition coefficient (Wildman–Crippen LogP) is 8.58. The Labute approximate surface area is 298 Å². The quantitative estimate of drug-likeness (QED) is 0.218. The molecule has 0 amide bonds. The number of aliphatic hydroxyl groups excluding tert-OH is 1. The molecule has 51 heavy (non-hydrogen) atoms. The van der Waals surface area contributed by atoms with Gasteiger partial charge in [0.15, 0.2) is 17.7 Å². The Bertz CT molecular complexity index is 1930. The van der Waals surface area contributed by atoms with Crippen molar-refractivity contribution >= 4 is 17.4 Å². The molecule has 5 heterocycles. The van der Waals surface area contributed by atoms with E-state index in [2.05, 4.69) is 11.8 Å². The lowest BCUT2D eigenvalue weighted by molar-refractivity contribution is -0.160. The van der Waals surface area contributed by atoms with Crippen LogP contribution in [0.3, 0.4) is 0 Å². The van der Waals surface area contributed by atoms with Gasteiger partial charge in [0.25, 0.3) is 0 Å². The Morgan fingerprint density at radius 1 is 1.10 bits per heavy atom. The highest BCUT2D eigenvalue weighted by molar-refractivity contribution is 5.82. The number of aromatic nitrogens is 2. The number of anilines is 1. The van der Waals surface area contributed by atoms with Crippen molar-refractivity contribution in [3.8, 4) is 28.1 Å². The van der Waals surface area contributed by atoms with Crippen LogP contribution >= 0.6 is 0 Å².